The number of hydrogen-bond acceptors (Lipinski definition) is 4. The van der Waals surface area contributed by atoms with E-state index in [2.05, 4.69) is 10.6 Å². The third kappa shape index (κ3) is 4.93. The van der Waals surface area contributed by atoms with Crippen LogP contribution in [0.4, 0.5) is 5.69 Å². The summed E-state index contributed by atoms with van der Waals surface area (Å²) in [7, 11) is 1.56. The van der Waals surface area contributed by atoms with Gasteiger partial charge in [0.05, 0.1) is 18.8 Å². The van der Waals surface area contributed by atoms with Gasteiger partial charge in [-0.3, -0.25) is 9.59 Å². The van der Waals surface area contributed by atoms with Crippen LogP contribution >= 0.6 is 0 Å². The van der Waals surface area contributed by atoms with Gasteiger partial charge in [0.1, 0.15) is 5.69 Å². The van der Waals surface area contributed by atoms with E-state index in [1.165, 1.54) is 0 Å². The average Bonchev–Trinajstić information content (AvgIpc) is 2.78. The minimum atomic E-state index is -0.308. The number of rotatable bonds is 8. The Bertz CT molecular complexity index is 456. The average molecular weight is 282 g/mol. The minimum Gasteiger partial charge on any atom is -0.397 e. The highest BCUT2D eigenvalue weighted by Crippen LogP contribution is 2.11. The number of ether oxygens (including phenoxy) is 1. The Labute approximate surface area is 118 Å². The number of methoxy groups -OCH3 is 1. The molecule has 112 valence electrons. The summed E-state index contributed by atoms with van der Waals surface area (Å²) in [5.41, 5.74) is 6.69. The van der Waals surface area contributed by atoms with Gasteiger partial charge in [-0.15, -0.1) is 0 Å². The van der Waals surface area contributed by atoms with Gasteiger partial charge in [0.2, 0.25) is 5.91 Å². The van der Waals surface area contributed by atoms with Crippen molar-refractivity contribution in [2.24, 2.45) is 0 Å². The Balaban J connectivity index is 2.48. The SMILES string of the molecule is CCCn1cc(N)cc1C(=O)NCC(=O)NCCOC. The Kier molecular flexibility index (Phi) is 6.58. The fourth-order valence-electron chi connectivity index (χ4n) is 1.76. The van der Waals surface area contributed by atoms with Gasteiger partial charge >= 0.3 is 0 Å². The van der Waals surface area contributed by atoms with E-state index in [9.17, 15) is 9.59 Å². The fourth-order valence-corrected chi connectivity index (χ4v) is 1.76. The van der Waals surface area contributed by atoms with Crippen molar-refractivity contribution in [2.75, 3.05) is 32.5 Å². The van der Waals surface area contributed by atoms with Crippen molar-refractivity contribution in [3.63, 3.8) is 0 Å². The molecule has 0 aromatic carbocycles. The first kappa shape index (κ1) is 16.0. The van der Waals surface area contributed by atoms with Gasteiger partial charge in [-0.25, -0.2) is 0 Å². The molecule has 20 heavy (non-hydrogen) atoms. The smallest absolute Gasteiger partial charge is 0.268 e. The maximum absolute atomic E-state index is 12.0. The van der Waals surface area contributed by atoms with Crippen LogP contribution in [0.1, 0.15) is 23.8 Å². The zero-order valence-electron chi connectivity index (χ0n) is 11.9. The summed E-state index contributed by atoms with van der Waals surface area (Å²) in [6.07, 6.45) is 2.61. The van der Waals surface area contributed by atoms with Crippen molar-refractivity contribution in [3.05, 3.63) is 18.0 Å². The fraction of sp³-hybridized carbons (Fsp3) is 0.538. The van der Waals surface area contributed by atoms with Crippen LogP contribution in [-0.4, -0.2) is 43.2 Å². The van der Waals surface area contributed by atoms with E-state index in [0.717, 1.165) is 6.42 Å². The normalized spacial score (nSPS) is 10.3. The van der Waals surface area contributed by atoms with Crippen molar-refractivity contribution in [1.82, 2.24) is 15.2 Å². The van der Waals surface area contributed by atoms with Crippen LogP contribution in [0.5, 0.6) is 0 Å². The van der Waals surface area contributed by atoms with Crippen LogP contribution in [0.25, 0.3) is 0 Å². The van der Waals surface area contributed by atoms with Gasteiger partial charge in [0, 0.05) is 26.4 Å². The molecule has 1 aromatic heterocycles. The molecule has 0 aliphatic heterocycles. The molecular formula is C13H22N4O3. The first-order valence-electron chi connectivity index (χ1n) is 6.58. The number of nitrogens with one attached hydrogen (secondary N) is 2. The van der Waals surface area contributed by atoms with E-state index in [1.807, 2.05) is 6.92 Å². The topological polar surface area (TPSA) is 98.4 Å². The molecule has 0 radical (unpaired) electrons. The first-order chi connectivity index (χ1) is 9.58. The monoisotopic (exact) mass is 282 g/mol. The van der Waals surface area contributed by atoms with Gasteiger partial charge in [-0.05, 0) is 12.5 Å². The summed E-state index contributed by atoms with van der Waals surface area (Å²) in [6, 6.07) is 1.60. The molecule has 1 rings (SSSR count). The zero-order valence-corrected chi connectivity index (χ0v) is 11.9. The largest absolute Gasteiger partial charge is 0.397 e. The Morgan fingerprint density at radius 3 is 2.80 bits per heavy atom. The standard InChI is InChI=1S/C13H22N4O3/c1-3-5-17-9-10(14)7-11(17)13(19)16-8-12(18)15-4-6-20-2/h7,9H,3-6,8,14H2,1-2H3,(H,15,18)(H,16,19). The van der Waals surface area contributed by atoms with E-state index >= 15 is 0 Å². The first-order valence-corrected chi connectivity index (χ1v) is 6.58. The summed E-state index contributed by atoms with van der Waals surface area (Å²) in [6.45, 7) is 3.51. The van der Waals surface area contributed by atoms with Crippen LogP contribution in [0, 0.1) is 0 Å². The second kappa shape index (κ2) is 8.21. The lowest BCUT2D eigenvalue weighted by molar-refractivity contribution is -0.120. The van der Waals surface area contributed by atoms with Crippen molar-refractivity contribution < 1.29 is 14.3 Å². The van der Waals surface area contributed by atoms with E-state index in [4.69, 9.17) is 10.5 Å². The maximum Gasteiger partial charge on any atom is 0.268 e. The molecule has 0 fully saturated rings. The quantitative estimate of drug-likeness (QED) is 0.583. The molecule has 0 saturated heterocycles. The number of hydrogen-bond donors (Lipinski definition) is 3. The lowest BCUT2D eigenvalue weighted by Crippen LogP contribution is -2.38. The van der Waals surface area contributed by atoms with E-state index in [1.54, 1.807) is 23.9 Å². The number of carbonyl (C=O) groups excluding carboxylic acids is 2. The van der Waals surface area contributed by atoms with Gasteiger partial charge in [-0.2, -0.15) is 0 Å². The molecule has 1 heterocycles. The molecule has 4 N–H and O–H groups in total. The predicted octanol–water partition coefficient (Wildman–Crippen LogP) is -0.0273. The highest BCUT2D eigenvalue weighted by Gasteiger charge is 2.13. The van der Waals surface area contributed by atoms with Crippen molar-refractivity contribution in [1.29, 1.82) is 0 Å². The highest BCUT2D eigenvalue weighted by molar-refractivity contribution is 5.96. The van der Waals surface area contributed by atoms with Crippen LogP contribution in [-0.2, 0) is 16.1 Å². The van der Waals surface area contributed by atoms with E-state index in [0.29, 0.717) is 31.1 Å². The second-order valence-corrected chi connectivity index (χ2v) is 4.38. The molecule has 0 unspecified atom stereocenters. The van der Waals surface area contributed by atoms with Gasteiger partial charge < -0.3 is 25.7 Å². The number of nitrogen functional groups attached to an aromatic ring is 1. The van der Waals surface area contributed by atoms with Gasteiger partial charge in [0.25, 0.3) is 5.91 Å². The number of carbonyl (C=O) groups is 2. The van der Waals surface area contributed by atoms with Crippen molar-refractivity contribution in [2.45, 2.75) is 19.9 Å². The maximum atomic E-state index is 12.0. The number of aryl methyl sites for hydroxylation is 1. The molecule has 0 saturated carbocycles. The number of aromatic nitrogens is 1. The van der Waals surface area contributed by atoms with Crippen LogP contribution in [0.2, 0.25) is 0 Å². The van der Waals surface area contributed by atoms with Crippen molar-refractivity contribution >= 4 is 17.5 Å². The summed E-state index contributed by atoms with van der Waals surface area (Å²) in [4.78, 5) is 23.5. The zero-order chi connectivity index (χ0) is 15.0. The van der Waals surface area contributed by atoms with Crippen LogP contribution in [0.3, 0.4) is 0 Å². The molecule has 7 nitrogen and oxygen atoms in total. The third-order valence-electron chi connectivity index (χ3n) is 2.65. The number of amides is 2. The Hall–Kier alpha value is -2.02. The second-order valence-electron chi connectivity index (χ2n) is 4.38. The van der Waals surface area contributed by atoms with E-state index in [-0.39, 0.29) is 18.4 Å². The van der Waals surface area contributed by atoms with Crippen LogP contribution in [0.15, 0.2) is 12.3 Å². The number of nitrogens with two attached hydrogens (primary N) is 1. The van der Waals surface area contributed by atoms with Crippen molar-refractivity contribution in [3.8, 4) is 0 Å². The van der Waals surface area contributed by atoms with E-state index < -0.39 is 0 Å². The molecule has 2 amide bonds. The third-order valence-corrected chi connectivity index (χ3v) is 2.65. The number of anilines is 1. The summed E-state index contributed by atoms with van der Waals surface area (Å²) in [5.74, 6) is -0.561. The Morgan fingerprint density at radius 2 is 2.15 bits per heavy atom. The lowest BCUT2D eigenvalue weighted by atomic mass is 10.3. The molecule has 0 aliphatic rings. The Morgan fingerprint density at radius 1 is 1.40 bits per heavy atom. The van der Waals surface area contributed by atoms with Gasteiger partial charge in [0.15, 0.2) is 0 Å². The predicted molar refractivity (Wildman–Crippen MR) is 76.4 cm³/mol. The molecule has 0 spiro atoms. The summed E-state index contributed by atoms with van der Waals surface area (Å²) >= 11 is 0. The molecule has 0 bridgehead atoms. The lowest BCUT2D eigenvalue weighted by Gasteiger charge is -2.09. The molecule has 0 aliphatic carbocycles. The molecule has 1 aromatic rings. The summed E-state index contributed by atoms with van der Waals surface area (Å²) in [5, 5.41) is 5.19. The summed E-state index contributed by atoms with van der Waals surface area (Å²) < 4.78 is 6.60. The van der Waals surface area contributed by atoms with Crippen LogP contribution < -0.4 is 16.4 Å². The minimum absolute atomic E-state index is 0.0697. The number of nitrogens with zero attached hydrogens (tertiary/aromatic N) is 1. The molecule has 7 heteroatoms. The molecular weight excluding hydrogens is 260 g/mol. The van der Waals surface area contributed by atoms with Gasteiger partial charge in [-0.1, -0.05) is 6.92 Å². The molecule has 0 atom stereocenters. The highest BCUT2D eigenvalue weighted by atomic mass is 16.5.